The second-order valence-electron chi connectivity index (χ2n) is 6.49. The SMILES string of the molecule is Cc1cccc(C)c1NC(=O)CN(C)C(=O)COC(=O)[C@H]1C[C@@H]1C. The predicted molar refractivity (Wildman–Crippen MR) is 90.4 cm³/mol. The molecule has 0 aromatic heterocycles. The summed E-state index contributed by atoms with van der Waals surface area (Å²) in [5.41, 5.74) is 2.69. The van der Waals surface area contributed by atoms with E-state index in [-0.39, 0.29) is 30.9 Å². The first kappa shape index (κ1) is 18.0. The monoisotopic (exact) mass is 332 g/mol. The van der Waals surface area contributed by atoms with Crippen molar-refractivity contribution in [1.82, 2.24) is 4.90 Å². The Kier molecular flexibility index (Phi) is 5.59. The van der Waals surface area contributed by atoms with E-state index in [4.69, 9.17) is 4.74 Å². The van der Waals surface area contributed by atoms with Crippen molar-refractivity contribution in [2.45, 2.75) is 27.2 Å². The largest absolute Gasteiger partial charge is 0.455 e. The molecule has 0 spiro atoms. The maximum absolute atomic E-state index is 12.1. The van der Waals surface area contributed by atoms with Gasteiger partial charge in [-0.2, -0.15) is 0 Å². The number of hydrogen-bond acceptors (Lipinski definition) is 4. The van der Waals surface area contributed by atoms with Gasteiger partial charge in [0.2, 0.25) is 5.91 Å². The number of carbonyl (C=O) groups is 3. The van der Waals surface area contributed by atoms with Gasteiger partial charge in [-0.05, 0) is 37.3 Å². The Morgan fingerprint density at radius 2 is 1.83 bits per heavy atom. The lowest BCUT2D eigenvalue weighted by molar-refractivity contribution is -0.153. The standard InChI is InChI=1S/C18H24N2O4/c1-11-6-5-7-12(2)17(11)19-15(21)9-20(4)16(22)10-24-18(23)14-8-13(14)3/h5-7,13-14H,8-10H2,1-4H3,(H,19,21)/t13-,14-/m0/s1. The van der Waals surface area contributed by atoms with Crippen molar-refractivity contribution in [2.24, 2.45) is 11.8 Å². The van der Waals surface area contributed by atoms with Gasteiger partial charge in [0.15, 0.2) is 6.61 Å². The van der Waals surface area contributed by atoms with Gasteiger partial charge < -0.3 is 15.0 Å². The molecule has 1 aliphatic carbocycles. The third-order valence-electron chi connectivity index (χ3n) is 4.30. The highest BCUT2D eigenvalue weighted by atomic mass is 16.5. The zero-order valence-corrected chi connectivity index (χ0v) is 14.6. The first-order valence-electron chi connectivity index (χ1n) is 8.06. The molecule has 0 heterocycles. The number of amides is 2. The average Bonchev–Trinajstić information content (AvgIpc) is 3.25. The van der Waals surface area contributed by atoms with Crippen LogP contribution in [0.15, 0.2) is 18.2 Å². The molecule has 6 heteroatoms. The molecule has 2 amide bonds. The van der Waals surface area contributed by atoms with E-state index in [0.29, 0.717) is 5.92 Å². The summed E-state index contributed by atoms with van der Waals surface area (Å²) in [6, 6.07) is 5.75. The number of ether oxygens (including phenoxy) is 1. The molecule has 1 fully saturated rings. The third-order valence-corrected chi connectivity index (χ3v) is 4.30. The third kappa shape index (κ3) is 4.57. The van der Waals surface area contributed by atoms with Crippen LogP contribution in [-0.2, 0) is 19.1 Å². The predicted octanol–water partition coefficient (Wildman–Crippen LogP) is 1.90. The minimum Gasteiger partial charge on any atom is -0.455 e. The highest BCUT2D eigenvalue weighted by Gasteiger charge is 2.40. The fraction of sp³-hybridized carbons (Fsp3) is 0.500. The van der Waals surface area contributed by atoms with Gasteiger partial charge >= 0.3 is 5.97 Å². The van der Waals surface area contributed by atoms with Gasteiger partial charge in [0.1, 0.15) is 0 Å². The smallest absolute Gasteiger partial charge is 0.309 e. The van der Waals surface area contributed by atoms with Gasteiger partial charge in [-0.3, -0.25) is 14.4 Å². The van der Waals surface area contributed by atoms with Crippen LogP contribution in [0.1, 0.15) is 24.5 Å². The van der Waals surface area contributed by atoms with E-state index in [9.17, 15) is 14.4 Å². The van der Waals surface area contributed by atoms with Crippen LogP contribution in [0.5, 0.6) is 0 Å². The normalized spacial score (nSPS) is 18.7. The van der Waals surface area contributed by atoms with E-state index in [1.807, 2.05) is 39.0 Å². The van der Waals surface area contributed by atoms with Crippen LogP contribution < -0.4 is 5.32 Å². The van der Waals surface area contributed by atoms with Crippen LogP contribution in [0.25, 0.3) is 0 Å². The van der Waals surface area contributed by atoms with Crippen LogP contribution in [0.2, 0.25) is 0 Å². The van der Waals surface area contributed by atoms with Crippen LogP contribution in [0.4, 0.5) is 5.69 Å². The van der Waals surface area contributed by atoms with E-state index >= 15 is 0 Å². The van der Waals surface area contributed by atoms with Crippen molar-refractivity contribution in [1.29, 1.82) is 0 Å². The summed E-state index contributed by atoms with van der Waals surface area (Å²) in [6.45, 7) is 5.38. The van der Waals surface area contributed by atoms with E-state index in [2.05, 4.69) is 5.32 Å². The molecular formula is C18H24N2O4. The second-order valence-corrected chi connectivity index (χ2v) is 6.49. The summed E-state index contributed by atoms with van der Waals surface area (Å²) in [5.74, 6) is -0.744. The van der Waals surface area contributed by atoms with Gasteiger partial charge in [-0.15, -0.1) is 0 Å². The Balaban J connectivity index is 1.80. The quantitative estimate of drug-likeness (QED) is 0.807. The number of benzene rings is 1. The Bertz CT molecular complexity index is 636. The van der Waals surface area contributed by atoms with Crippen molar-refractivity contribution >= 4 is 23.5 Å². The molecular weight excluding hydrogens is 308 g/mol. The molecule has 1 aromatic carbocycles. The minimum absolute atomic E-state index is 0.0737. The zero-order chi connectivity index (χ0) is 17.9. The molecule has 0 aliphatic heterocycles. The number of hydrogen-bond donors (Lipinski definition) is 1. The fourth-order valence-corrected chi connectivity index (χ4v) is 2.49. The summed E-state index contributed by atoms with van der Waals surface area (Å²) in [5, 5.41) is 2.82. The van der Waals surface area contributed by atoms with E-state index in [1.54, 1.807) is 0 Å². The molecule has 130 valence electrons. The molecule has 1 N–H and O–H groups in total. The maximum Gasteiger partial charge on any atom is 0.309 e. The molecule has 0 unspecified atom stereocenters. The summed E-state index contributed by atoms with van der Waals surface area (Å²) >= 11 is 0. The molecule has 2 rings (SSSR count). The second kappa shape index (κ2) is 7.47. The Labute approximate surface area is 142 Å². The number of carbonyl (C=O) groups excluding carboxylic acids is 3. The molecule has 0 radical (unpaired) electrons. The number of nitrogens with one attached hydrogen (secondary N) is 1. The molecule has 6 nitrogen and oxygen atoms in total. The molecule has 1 aliphatic rings. The van der Waals surface area contributed by atoms with Crippen LogP contribution in [-0.4, -0.2) is 42.9 Å². The van der Waals surface area contributed by atoms with Crippen molar-refractivity contribution < 1.29 is 19.1 Å². The Hall–Kier alpha value is -2.37. The Morgan fingerprint density at radius 1 is 1.25 bits per heavy atom. The number of esters is 1. The van der Waals surface area contributed by atoms with Crippen molar-refractivity contribution in [3.8, 4) is 0 Å². The van der Waals surface area contributed by atoms with Crippen LogP contribution in [0, 0.1) is 25.7 Å². The average molecular weight is 332 g/mol. The van der Waals surface area contributed by atoms with Gasteiger partial charge in [0.25, 0.3) is 5.91 Å². The van der Waals surface area contributed by atoms with E-state index in [0.717, 1.165) is 23.2 Å². The molecule has 0 saturated heterocycles. The van der Waals surface area contributed by atoms with Gasteiger partial charge in [-0.1, -0.05) is 25.1 Å². The maximum atomic E-state index is 12.1. The van der Waals surface area contributed by atoms with Gasteiger partial charge in [0, 0.05) is 12.7 Å². The number of anilines is 1. The summed E-state index contributed by atoms with van der Waals surface area (Å²) < 4.78 is 5.00. The summed E-state index contributed by atoms with van der Waals surface area (Å²) in [4.78, 5) is 36.9. The van der Waals surface area contributed by atoms with Crippen LogP contribution in [0.3, 0.4) is 0 Å². The first-order chi connectivity index (χ1) is 11.3. The number of para-hydroxylation sites is 1. The van der Waals surface area contributed by atoms with Crippen molar-refractivity contribution in [3.05, 3.63) is 29.3 Å². The lowest BCUT2D eigenvalue weighted by Gasteiger charge is -2.18. The Morgan fingerprint density at radius 3 is 2.38 bits per heavy atom. The highest BCUT2D eigenvalue weighted by Crippen LogP contribution is 2.38. The topological polar surface area (TPSA) is 75.7 Å². The molecule has 1 saturated carbocycles. The summed E-state index contributed by atoms with van der Waals surface area (Å²) in [6.07, 6.45) is 0.820. The lowest BCUT2D eigenvalue weighted by atomic mass is 10.1. The number of nitrogens with zero attached hydrogens (tertiary/aromatic N) is 1. The minimum atomic E-state index is -0.395. The van der Waals surface area contributed by atoms with Crippen molar-refractivity contribution in [2.75, 3.05) is 25.5 Å². The molecule has 2 atom stereocenters. The number of aryl methyl sites for hydroxylation is 2. The first-order valence-corrected chi connectivity index (χ1v) is 8.06. The number of rotatable bonds is 6. The fourth-order valence-electron chi connectivity index (χ4n) is 2.49. The molecule has 1 aromatic rings. The van der Waals surface area contributed by atoms with E-state index < -0.39 is 5.91 Å². The summed E-state index contributed by atoms with van der Waals surface area (Å²) in [7, 11) is 1.51. The van der Waals surface area contributed by atoms with Crippen molar-refractivity contribution in [3.63, 3.8) is 0 Å². The van der Waals surface area contributed by atoms with Crippen LogP contribution >= 0.6 is 0 Å². The van der Waals surface area contributed by atoms with Gasteiger partial charge in [-0.25, -0.2) is 0 Å². The number of likely N-dealkylation sites (N-methyl/N-ethyl adjacent to an activating group) is 1. The van der Waals surface area contributed by atoms with Gasteiger partial charge in [0.05, 0.1) is 12.5 Å². The molecule has 0 bridgehead atoms. The molecule has 24 heavy (non-hydrogen) atoms. The lowest BCUT2D eigenvalue weighted by Crippen LogP contribution is -2.37. The zero-order valence-electron chi connectivity index (χ0n) is 14.6. The highest BCUT2D eigenvalue weighted by molar-refractivity contribution is 5.96. The van der Waals surface area contributed by atoms with E-state index in [1.165, 1.54) is 11.9 Å².